The van der Waals surface area contributed by atoms with Crippen LogP contribution in [0.25, 0.3) is 0 Å². The van der Waals surface area contributed by atoms with Crippen molar-refractivity contribution in [3.63, 3.8) is 0 Å². The Bertz CT molecular complexity index is 1090. The van der Waals surface area contributed by atoms with Crippen molar-refractivity contribution in [1.29, 1.82) is 0 Å². The summed E-state index contributed by atoms with van der Waals surface area (Å²) in [5, 5.41) is 13.0. The summed E-state index contributed by atoms with van der Waals surface area (Å²) in [5.74, 6) is -0.250. The number of rotatable bonds is 5. The van der Waals surface area contributed by atoms with Gasteiger partial charge in [-0.2, -0.15) is 0 Å². The number of nitrogens with zero attached hydrogens (tertiary/aromatic N) is 4. The summed E-state index contributed by atoms with van der Waals surface area (Å²) in [6.45, 7) is 10.2. The van der Waals surface area contributed by atoms with E-state index >= 15 is 0 Å². The number of halogens is 1. The Hall–Kier alpha value is -3.33. The number of piperidine rings is 1. The van der Waals surface area contributed by atoms with Gasteiger partial charge >= 0.3 is 12.1 Å². The first-order valence-electron chi connectivity index (χ1n) is 13.4. The van der Waals surface area contributed by atoms with Crippen molar-refractivity contribution in [2.45, 2.75) is 52.2 Å². The lowest BCUT2D eigenvalue weighted by molar-refractivity contribution is 0.0190. The topological polar surface area (TPSA) is 79.4 Å². The maximum absolute atomic E-state index is 13.1. The van der Waals surface area contributed by atoms with E-state index in [1.165, 1.54) is 12.1 Å². The molecule has 1 unspecified atom stereocenters. The minimum absolute atomic E-state index is 0.0178. The Morgan fingerprint density at radius 1 is 1.00 bits per heavy atom. The fourth-order valence-electron chi connectivity index (χ4n) is 5.36. The summed E-state index contributed by atoms with van der Waals surface area (Å²) in [6, 6.07) is 14.6. The quantitative estimate of drug-likeness (QED) is 0.563. The van der Waals surface area contributed by atoms with E-state index in [-0.39, 0.29) is 29.3 Å². The normalized spacial score (nSPS) is 19.3. The molecule has 3 amide bonds. The molecule has 0 saturated carbocycles. The second kappa shape index (κ2) is 11.6. The number of benzene rings is 2. The molecule has 2 aliphatic rings. The molecular weight excluding hydrogens is 485 g/mol. The van der Waals surface area contributed by atoms with Crippen molar-refractivity contribution < 1.29 is 19.1 Å². The summed E-state index contributed by atoms with van der Waals surface area (Å²) in [5.41, 5.74) is 2.73. The molecule has 2 heterocycles. The fourth-order valence-corrected chi connectivity index (χ4v) is 5.36. The molecule has 2 saturated heterocycles. The SMILES string of the molecule is CN(C(=O)N1CCC(Nc2ccc(F)cc2)CC1)c1ccc(CN2CCN(C(=O)O)C(C(C)(C)C)C2)cc1. The number of urea groups is 1. The van der Waals surface area contributed by atoms with Crippen LogP contribution in [-0.4, -0.2) is 83.8 Å². The number of amides is 3. The molecule has 38 heavy (non-hydrogen) atoms. The standard InChI is InChI=1S/C29H40FN5O3/c1-29(2,3)26-20-33(17-18-35(26)28(37)38)19-21-5-11-25(12-6-21)32(4)27(36)34-15-13-24(14-16-34)31-23-9-7-22(30)8-10-23/h5-12,24,26,31H,13-20H2,1-4H3,(H,37,38). The summed E-state index contributed by atoms with van der Waals surface area (Å²) >= 11 is 0. The van der Waals surface area contributed by atoms with E-state index in [4.69, 9.17) is 0 Å². The van der Waals surface area contributed by atoms with Crippen LogP contribution in [0.15, 0.2) is 48.5 Å². The molecule has 0 radical (unpaired) electrons. The molecule has 0 aliphatic carbocycles. The molecular formula is C29H40FN5O3. The van der Waals surface area contributed by atoms with Crippen molar-refractivity contribution in [3.8, 4) is 0 Å². The highest BCUT2D eigenvalue weighted by Gasteiger charge is 2.37. The van der Waals surface area contributed by atoms with Crippen LogP contribution in [0.3, 0.4) is 0 Å². The van der Waals surface area contributed by atoms with Crippen molar-refractivity contribution in [3.05, 3.63) is 59.9 Å². The van der Waals surface area contributed by atoms with Gasteiger partial charge in [0.25, 0.3) is 0 Å². The van der Waals surface area contributed by atoms with E-state index in [1.54, 1.807) is 29.0 Å². The Balaban J connectivity index is 1.28. The van der Waals surface area contributed by atoms with Gasteiger partial charge in [0.1, 0.15) is 5.82 Å². The van der Waals surface area contributed by atoms with Crippen LogP contribution in [0.1, 0.15) is 39.2 Å². The third-order valence-electron chi connectivity index (χ3n) is 7.71. The Kier molecular flexibility index (Phi) is 8.45. The number of hydrogen-bond donors (Lipinski definition) is 2. The highest BCUT2D eigenvalue weighted by Crippen LogP contribution is 2.29. The van der Waals surface area contributed by atoms with Crippen LogP contribution in [0.4, 0.5) is 25.4 Å². The molecule has 0 aromatic heterocycles. The third-order valence-corrected chi connectivity index (χ3v) is 7.71. The van der Waals surface area contributed by atoms with E-state index in [2.05, 4.69) is 31.0 Å². The average molecular weight is 526 g/mol. The van der Waals surface area contributed by atoms with E-state index in [0.29, 0.717) is 32.7 Å². The van der Waals surface area contributed by atoms with Crippen LogP contribution in [-0.2, 0) is 6.54 Å². The first-order valence-corrected chi connectivity index (χ1v) is 13.4. The van der Waals surface area contributed by atoms with Crippen LogP contribution in [0.2, 0.25) is 0 Å². The molecule has 2 aromatic carbocycles. The smallest absolute Gasteiger partial charge is 0.407 e. The van der Waals surface area contributed by atoms with E-state index in [9.17, 15) is 19.1 Å². The van der Waals surface area contributed by atoms with Gasteiger partial charge in [0.2, 0.25) is 0 Å². The molecule has 0 bridgehead atoms. The number of anilines is 2. The van der Waals surface area contributed by atoms with Crippen LogP contribution in [0.5, 0.6) is 0 Å². The van der Waals surface area contributed by atoms with Crippen molar-refractivity contribution >= 4 is 23.5 Å². The number of nitrogens with one attached hydrogen (secondary N) is 1. The number of likely N-dealkylation sites (tertiary alicyclic amines) is 1. The van der Waals surface area contributed by atoms with Crippen molar-refractivity contribution in [2.75, 3.05) is 50.0 Å². The average Bonchev–Trinajstić information content (AvgIpc) is 2.89. The van der Waals surface area contributed by atoms with Gasteiger partial charge < -0.3 is 20.2 Å². The van der Waals surface area contributed by atoms with Gasteiger partial charge in [0.05, 0.1) is 6.04 Å². The van der Waals surface area contributed by atoms with Gasteiger partial charge in [0, 0.05) is 63.7 Å². The molecule has 206 valence electrons. The molecule has 2 aliphatic heterocycles. The van der Waals surface area contributed by atoms with Gasteiger partial charge in [-0.1, -0.05) is 32.9 Å². The molecule has 2 aromatic rings. The molecule has 2 fully saturated rings. The molecule has 2 N–H and O–H groups in total. The van der Waals surface area contributed by atoms with Crippen molar-refractivity contribution in [2.24, 2.45) is 5.41 Å². The molecule has 0 spiro atoms. The predicted octanol–water partition coefficient (Wildman–Crippen LogP) is 5.17. The Morgan fingerprint density at radius 3 is 2.21 bits per heavy atom. The first-order chi connectivity index (χ1) is 18.0. The zero-order valence-corrected chi connectivity index (χ0v) is 22.9. The second-order valence-corrected chi connectivity index (χ2v) is 11.5. The summed E-state index contributed by atoms with van der Waals surface area (Å²) in [6.07, 6.45) is 0.816. The fraction of sp³-hybridized carbons (Fsp3) is 0.517. The minimum atomic E-state index is -0.852. The van der Waals surface area contributed by atoms with Crippen molar-refractivity contribution in [1.82, 2.24) is 14.7 Å². The summed E-state index contributed by atoms with van der Waals surface area (Å²) < 4.78 is 13.1. The number of carbonyl (C=O) groups excluding carboxylic acids is 1. The van der Waals surface area contributed by atoms with E-state index < -0.39 is 6.09 Å². The maximum Gasteiger partial charge on any atom is 0.407 e. The van der Waals surface area contributed by atoms with Crippen LogP contribution >= 0.6 is 0 Å². The number of carbonyl (C=O) groups is 2. The molecule has 4 rings (SSSR count). The summed E-state index contributed by atoms with van der Waals surface area (Å²) in [7, 11) is 1.80. The number of hydrogen-bond acceptors (Lipinski definition) is 4. The molecule has 9 heteroatoms. The number of piperazine rings is 1. The van der Waals surface area contributed by atoms with Gasteiger partial charge in [-0.25, -0.2) is 14.0 Å². The third kappa shape index (κ3) is 6.75. The van der Waals surface area contributed by atoms with E-state index in [0.717, 1.165) is 36.3 Å². The largest absolute Gasteiger partial charge is 0.465 e. The van der Waals surface area contributed by atoms with Crippen LogP contribution in [0, 0.1) is 11.2 Å². The Morgan fingerprint density at radius 2 is 1.63 bits per heavy atom. The lowest BCUT2D eigenvalue weighted by Gasteiger charge is -2.46. The number of carboxylic acid groups (broad SMARTS) is 1. The zero-order chi connectivity index (χ0) is 27.4. The lowest BCUT2D eigenvalue weighted by Crippen LogP contribution is -2.59. The first kappa shape index (κ1) is 27.7. The zero-order valence-electron chi connectivity index (χ0n) is 22.9. The maximum atomic E-state index is 13.1. The van der Waals surface area contributed by atoms with Crippen LogP contribution < -0.4 is 10.2 Å². The van der Waals surface area contributed by atoms with Gasteiger partial charge in [-0.15, -0.1) is 0 Å². The van der Waals surface area contributed by atoms with Gasteiger partial charge in [-0.3, -0.25) is 9.80 Å². The van der Waals surface area contributed by atoms with E-state index in [1.807, 2.05) is 29.2 Å². The highest BCUT2D eigenvalue weighted by molar-refractivity contribution is 5.91. The minimum Gasteiger partial charge on any atom is -0.465 e. The lowest BCUT2D eigenvalue weighted by atomic mass is 9.84. The summed E-state index contributed by atoms with van der Waals surface area (Å²) in [4.78, 5) is 32.3. The van der Waals surface area contributed by atoms with Gasteiger partial charge in [0.15, 0.2) is 0 Å². The monoisotopic (exact) mass is 525 g/mol. The van der Waals surface area contributed by atoms with Gasteiger partial charge in [-0.05, 0) is 60.2 Å². The molecule has 8 nitrogen and oxygen atoms in total. The highest BCUT2D eigenvalue weighted by atomic mass is 19.1. The second-order valence-electron chi connectivity index (χ2n) is 11.5. The predicted molar refractivity (Wildman–Crippen MR) is 148 cm³/mol. The molecule has 1 atom stereocenters. The Labute approximate surface area is 225 Å².